The average molecular weight is 476 g/mol. The number of halogens is 4. The van der Waals surface area contributed by atoms with E-state index in [1.807, 2.05) is 0 Å². The van der Waals surface area contributed by atoms with Crippen LogP contribution >= 0.6 is 11.6 Å². The quantitative estimate of drug-likeness (QED) is 0.314. The first-order chi connectivity index (χ1) is 13.8. The second-order valence-corrected chi connectivity index (χ2v) is 7.60. The molecule has 0 aliphatic heterocycles. The molecule has 0 N–H and O–H groups in total. The van der Waals surface area contributed by atoms with Gasteiger partial charge < -0.3 is 0 Å². The fraction of sp³-hybridized carbons (Fsp3) is 0.0526. The average Bonchev–Trinajstić information content (AvgIpc) is 3.09. The summed E-state index contributed by atoms with van der Waals surface area (Å²) < 4.78 is 42.4. The summed E-state index contributed by atoms with van der Waals surface area (Å²) in [7, 11) is 0. The van der Waals surface area contributed by atoms with E-state index in [0.717, 1.165) is 15.1 Å². The van der Waals surface area contributed by atoms with Crippen molar-refractivity contribution in [1.29, 1.82) is 0 Å². The molecule has 0 saturated carbocycles. The fourth-order valence-electron chi connectivity index (χ4n) is 2.56. The Bertz CT molecular complexity index is 1260. The number of benzene rings is 1. The molecule has 0 bridgehead atoms. The molecule has 29 heavy (non-hydrogen) atoms. The van der Waals surface area contributed by atoms with Gasteiger partial charge in [-0.15, -0.1) is 0 Å². The summed E-state index contributed by atoms with van der Waals surface area (Å²) in [6, 6.07) is 10.8. The summed E-state index contributed by atoms with van der Waals surface area (Å²) in [5.74, 6) is 5.57. The van der Waals surface area contributed by atoms with Crippen molar-refractivity contribution >= 4 is 38.6 Å². The van der Waals surface area contributed by atoms with Gasteiger partial charge in [0.05, 0.1) is 0 Å². The standard InChI is InChI=1S/C19H10AsClF3N5/c20-17-8-7-14(27-28-17)6-3-12-10-25-29-16(19(22,23)24)9-15(26-18(12)29)11-1-4-13(21)5-2-11/h1-2,4-5,7-10H,20H2. The topological polar surface area (TPSA) is 56.0 Å². The van der Waals surface area contributed by atoms with Crippen LogP contribution in [-0.2, 0) is 6.18 Å². The first-order valence-electron chi connectivity index (χ1n) is 8.14. The van der Waals surface area contributed by atoms with Crippen molar-refractivity contribution < 1.29 is 13.2 Å². The molecule has 1 unspecified atom stereocenters. The van der Waals surface area contributed by atoms with Gasteiger partial charge in [0.25, 0.3) is 0 Å². The SMILES string of the molecule is FC(F)(F)c1cc(-c2ccc(Cl)cc2)nc2c(C#Cc3ccc([AsH2])nn3)cnn12. The van der Waals surface area contributed by atoms with Gasteiger partial charge >= 0.3 is 148 Å². The van der Waals surface area contributed by atoms with Crippen LogP contribution in [0.25, 0.3) is 16.9 Å². The summed E-state index contributed by atoms with van der Waals surface area (Å²) in [6.07, 6.45) is -3.37. The predicted octanol–water partition coefficient (Wildman–Crippen LogP) is 2.52. The summed E-state index contributed by atoms with van der Waals surface area (Å²) in [5.41, 5.74) is 0.336. The van der Waals surface area contributed by atoms with Gasteiger partial charge in [0.15, 0.2) is 0 Å². The van der Waals surface area contributed by atoms with Crippen LogP contribution in [0.5, 0.6) is 0 Å². The molecule has 1 atom stereocenters. The number of nitrogens with zero attached hydrogens (tertiary/aromatic N) is 5. The first kappa shape index (κ1) is 19.4. The third-order valence-electron chi connectivity index (χ3n) is 3.91. The van der Waals surface area contributed by atoms with Gasteiger partial charge in [-0.25, -0.2) is 0 Å². The van der Waals surface area contributed by atoms with Crippen LogP contribution in [0.2, 0.25) is 5.02 Å². The number of hydrogen-bond donors (Lipinski definition) is 0. The summed E-state index contributed by atoms with van der Waals surface area (Å²) >= 11 is 7.20. The minimum atomic E-state index is -4.62. The Morgan fingerprint density at radius 3 is 2.41 bits per heavy atom. The van der Waals surface area contributed by atoms with E-state index in [0.29, 0.717) is 16.3 Å². The van der Waals surface area contributed by atoms with Gasteiger partial charge in [-0.05, 0) is 12.1 Å². The van der Waals surface area contributed by atoms with E-state index < -0.39 is 11.9 Å². The van der Waals surface area contributed by atoms with Crippen LogP contribution in [-0.4, -0.2) is 41.6 Å². The van der Waals surface area contributed by atoms with Crippen LogP contribution in [0.15, 0.2) is 48.7 Å². The maximum absolute atomic E-state index is 13.6. The van der Waals surface area contributed by atoms with Gasteiger partial charge in [0.2, 0.25) is 0 Å². The molecule has 1 aromatic carbocycles. The monoisotopic (exact) mass is 475 g/mol. The maximum atomic E-state index is 13.6. The molecule has 0 fully saturated rings. The first-order valence-corrected chi connectivity index (χ1v) is 9.73. The zero-order valence-electron chi connectivity index (χ0n) is 14.4. The molecule has 5 nitrogen and oxygen atoms in total. The second-order valence-electron chi connectivity index (χ2n) is 5.92. The van der Waals surface area contributed by atoms with Crippen LogP contribution in [0, 0.1) is 11.8 Å². The zero-order valence-corrected chi connectivity index (χ0v) is 17.6. The number of hydrogen-bond acceptors (Lipinski definition) is 4. The second kappa shape index (κ2) is 7.51. The molecule has 144 valence electrons. The van der Waals surface area contributed by atoms with Crippen molar-refractivity contribution in [2.75, 3.05) is 0 Å². The van der Waals surface area contributed by atoms with Crippen LogP contribution in [0.4, 0.5) is 13.2 Å². The van der Waals surface area contributed by atoms with E-state index in [4.69, 9.17) is 11.6 Å². The van der Waals surface area contributed by atoms with E-state index in [9.17, 15) is 13.2 Å². The molecule has 10 heteroatoms. The molecular weight excluding hydrogens is 466 g/mol. The van der Waals surface area contributed by atoms with E-state index in [-0.39, 0.29) is 16.9 Å². The van der Waals surface area contributed by atoms with E-state index >= 15 is 0 Å². The number of fused-ring (bicyclic) bond motifs is 1. The van der Waals surface area contributed by atoms with Crippen LogP contribution < -0.4 is 4.48 Å². The third kappa shape index (κ3) is 4.11. The number of aromatic nitrogens is 5. The summed E-state index contributed by atoms with van der Waals surface area (Å²) in [6.45, 7) is 0. The molecule has 3 aromatic heterocycles. The predicted molar refractivity (Wildman–Crippen MR) is 105 cm³/mol. The minimum absolute atomic E-state index is 0.000629. The van der Waals surface area contributed by atoms with E-state index in [2.05, 4.69) is 32.1 Å². The van der Waals surface area contributed by atoms with Crippen molar-refractivity contribution in [1.82, 2.24) is 24.8 Å². The number of rotatable bonds is 1. The number of alkyl halides is 3. The molecular formula is C19H10AsClF3N5. The molecule has 0 saturated heterocycles. The van der Waals surface area contributed by atoms with Crippen LogP contribution in [0.3, 0.4) is 0 Å². The van der Waals surface area contributed by atoms with Gasteiger partial charge in [0.1, 0.15) is 0 Å². The van der Waals surface area contributed by atoms with Gasteiger partial charge in [-0.2, -0.15) is 0 Å². The summed E-state index contributed by atoms with van der Waals surface area (Å²) in [5, 5.41) is 12.2. The Hall–Kier alpha value is -2.88. The molecule has 0 aliphatic carbocycles. The Labute approximate surface area is 176 Å². The van der Waals surface area contributed by atoms with Crippen LogP contribution in [0.1, 0.15) is 17.0 Å². The van der Waals surface area contributed by atoms with Crippen molar-refractivity contribution in [3.8, 4) is 23.1 Å². The summed E-state index contributed by atoms with van der Waals surface area (Å²) in [4.78, 5) is 4.36. The molecule has 3 heterocycles. The van der Waals surface area contributed by atoms with Crippen molar-refractivity contribution in [3.05, 3.63) is 70.6 Å². The molecule has 0 aliphatic rings. The zero-order chi connectivity index (χ0) is 20.6. The van der Waals surface area contributed by atoms with Gasteiger partial charge in [-0.3, -0.25) is 0 Å². The molecule has 0 amide bonds. The Morgan fingerprint density at radius 1 is 1.00 bits per heavy atom. The molecule has 0 spiro atoms. The van der Waals surface area contributed by atoms with Crippen molar-refractivity contribution in [2.45, 2.75) is 6.18 Å². The van der Waals surface area contributed by atoms with Crippen molar-refractivity contribution in [3.63, 3.8) is 0 Å². The fourth-order valence-corrected chi connectivity index (χ4v) is 3.01. The Kier molecular flexibility index (Phi) is 5.03. The normalized spacial score (nSPS) is 11.3. The van der Waals surface area contributed by atoms with Crippen molar-refractivity contribution in [2.24, 2.45) is 0 Å². The molecule has 0 radical (unpaired) electrons. The van der Waals surface area contributed by atoms with E-state index in [1.165, 1.54) is 23.0 Å². The van der Waals surface area contributed by atoms with Gasteiger partial charge in [-0.1, -0.05) is 11.6 Å². The molecule has 4 rings (SSSR count). The Morgan fingerprint density at radius 2 is 1.76 bits per heavy atom. The van der Waals surface area contributed by atoms with Gasteiger partial charge in [0, 0.05) is 5.02 Å². The molecule has 4 aromatic rings. The van der Waals surface area contributed by atoms with E-state index in [1.54, 1.807) is 36.4 Å². The third-order valence-corrected chi connectivity index (χ3v) is 4.81. The Balaban J connectivity index is 1.88.